The van der Waals surface area contributed by atoms with Gasteiger partial charge in [0.2, 0.25) is 0 Å². The molecule has 1 aliphatic rings. The molecule has 0 aromatic heterocycles. The summed E-state index contributed by atoms with van der Waals surface area (Å²) in [6.45, 7) is 0.0706. The standard InChI is InChI=1S/C8H11F4NO/c9-6(10)8(11,12)7(14)13-4-5-2-1-3-5/h5-6H,1-4H2,(H,13,14). The Hall–Kier alpha value is -0.810. The van der Waals surface area contributed by atoms with E-state index in [4.69, 9.17) is 0 Å². The molecule has 0 spiro atoms. The van der Waals surface area contributed by atoms with E-state index >= 15 is 0 Å². The molecule has 6 heteroatoms. The van der Waals surface area contributed by atoms with Gasteiger partial charge in [-0.05, 0) is 18.8 Å². The number of alkyl halides is 4. The van der Waals surface area contributed by atoms with Gasteiger partial charge >= 0.3 is 12.3 Å². The van der Waals surface area contributed by atoms with E-state index in [0.717, 1.165) is 19.3 Å². The normalized spacial score (nSPS) is 18.1. The van der Waals surface area contributed by atoms with Crippen LogP contribution in [0.1, 0.15) is 19.3 Å². The molecule has 1 saturated carbocycles. The molecular formula is C8H11F4NO. The summed E-state index contributed by atoms with van der Waals surface area (Å²) in [4.78, 5) is 10.6. The van der Waals surface area contributed by atoms with Crippen LogP contribution in [0.3, 0.4) is 0 Å². The lowest BCUT2D eigenvalue weighted by atomic mass is 9.85. The zero-order chi connectivity index (χ0) is 10.8. The van der Waals surface area contributed by atoms with Crippen molar-refractivity contribution in [3.05, 3.63) is 0 Å². The number of rotatable bonds is 4. The molecule has 2 nitrogen and oxygen atoms in total. The Bertz CT molecular complexity index is 215. The minimum Gasteiger partial charge on any atom is -0.350 e. The van der Waals surface area contributed by atoms with Crippen molar-refractivity contribution >= 4 is 5.91 Å². The quantitative estimate of drug-likeness (QED) is 0.709. The highest BCUT2D eigenvalue weighted by atomic mass is 19.3. The highest BCUT2D eigenvalue weighted by Gasteiger charge is 2.48. The van der Waals surface area contributed by atoms with Gasteiger partial charge in [-0.15, -0.1) is 0 Å². The van der Waals surface area contributed by atoms with Gasteiger partial charge in [0.15, 0.2) is 0 Å². The van der Waals surface area contributed by atoms with Crippen LogP contribution in [0.4, 0.5) is 17.6 Å². The van der Waals surface area contributed by atoms with Crippen molar-refractivity contribution in [2.75, 3.05) is 6.54 Å². The van der Waals surface area contributed by atoms with Gasteiger partial charge < -0.3 is 5.32 Å². The van der Waals surface area contributed by atoms with Gasteiger partial charge in [-0.3, -0.25) is 4.79 Å². The Balaban J connectivity index is 2.32. The number of hydrogen-bond donors (Lipinski definition) is 1. The minimum atomic E-state index is -4.57. The molecule has 1 aliphatic carbocycles. The maximum atomic E-state index is 12.4. The average molecular weight is 213 g/mol. The summed E-state index contributed by atoms with van der Waals surface area (Å²) in [7, 11) is 0. The Morgan fingerprint density at radius 1 is 1.43 bits per heavy atom. The molecule has 1 rings (SSSR count). The van der Waals surface area contributed by atoms with Crippen molar-refractivity contribution in [3.8, 4) is 0 Å². The second kappa shape index (κ2) is 4.14. The topological polar surface area (TPSA) is 29.1 Å². The summed E-state index contributed by atoms with van der Waals surface area (Å²) >= 11 is 0. The van der Waals surface area contributed by atoms with E-state index in [1.807, 2.05) is 5.32 Å². The summed E-state index contributed by atoms with van der Waals surface area (Å²) in [5.74, 6) is -6.27. The molecule has 0 bridgehead atoms. The summed E-state index contributed by atoms with van der Waals surface area (Å²) in [5.41, 5.74) is 0. The number of halogens is 4. The van der Waals surface area contributed by atoms with Gasteiger partial charge in [-0.2, -0.15) is 8.78 Å². The van der Waals surface area contributed by atoms with Crippen LogP contribution in [-0.4, -0.2) is 24.8 Å². The number of carbonyl (C=O) groups excluding carboxylic acids is 1. The average Bonchev–Trinajstić information content (AvgIpc) is 2.00. The highest BCUT2D eigenvalue weighted by molar-refractivity contribution is 5.83. The predicted octanol–water partition coefficient (Wildman–Crippen LogP) is 1.80. The Kier molecular flexibility index (Phi) is 3.34. The van der Waals surface area contributed by atoms with Crippen LogP contribution in [0, 0.1) is 5.92 Å². The van der Waals surface area contributed by atoms with Crippen LogP contribution in [0.25, 0.3) is 0 Å². The Labute approximate surface area is 78.7 Å². The maximum Gasteiger partial charge on any atom is 0.383 e. The molecule has 82 valence electrons. The van der Waals surface area contributed by atoms with Gasteiger partial charge in [0.1, 0.15) is 0 Å². The van der Waals surface area contributed by atoms with E-state index in [1.165, 1.54) is 0 Å². The molecule has 14 heavy (non-hydrogen) atoms. The van der Waals surface area contributed by atoms with E-state index in [9.17, 15) is 22.4 Å². The van der Waals surface area contributed by atoms with Crippen LogP contribution < -0.4 is 5.32 Å². The minimum absolute atomic E-state index is 0.0706. The van der Waals surface area contributed by atoms with Gasteiger partial charge in [0.25, 0.3) is 5.91 Å². The molecule has 1 fully saturated rings. The molecule has 0 saturated heterocycles. The summed E-state index contributed by atoms with van der Waals surface area (Å²) in [6, 6.07) is 0. The molecule has 0 unspecified atom stereocenters. The lowest BCUT2D eigenvalue weighted by Gasteiger charge is -2.26. The molecule has 0 aromatic carbocycles. The van der Waals surface area contributed by atoms with E-state index in [2.05, 4.69) is 0 Å². The molecule has 0 aliphatic heterocycles. The highest BCUT2D eigenvalue weighted by Crippen LogP contribution is 2.26. The lowest BCUT2D eigenvalue weighted by molar-refractivity contribution is -0.169. The van der Waals surface area contributed by atoms with Gasteiger partial charge in [0.05, 0.1) is 0 Å². The second-order valence-corrected chi connectivity index (χ2v) is 3.43. The number of amides is 1. The molecular weight excluding hydrogens is 202 g/mol. The van der Waals surface area contributed by atoms with Crippen molar-refractivity contribution in [1.82, 2.24) is 5.32 Å². The summed E-state index contributed by atoms with van der Waals surface area (Å²) in [6.07, 6.45) is -1.21. The van der Waals surface area contributed by atoms with E-state index in [-0.39, 0.29) is 12.5 Å². The van der Waals surface area contributed by atoms with Crippen molar-refractivity contribution in [3.63, 3.8) is 0 Å². The SMILES string of the molecule is O=C(NCC1CCC1)C(F)(F)C(F)F. The van der Waals surface area contributed by atoms with Crippen molar-refractivity contribution in [2.24, 2.45) is 5.92 Å². The van der Waals surface area contributed by atoms with Crippen LogP contribution in [0.5, 0.6) is 0 Å². The number of nitrogens with one attached hydrogen (secondary N) is 1. The first-order valence-electron chi connectivity index (χ1n) is 4.39. The molecule has 1 amide bonds. The third kappa shape index (κ3) is 2.36. The Morgan fingerprint density at radius 2 is 2.00 bits per heavy atom. The van der Waals surface area contributed by atoms with E-state index < -0.39 is 18.3 Å². The largest absolute Gasteiger partial charge is 0.383 e. The molecule has 0 radical (unpaired) electrons. The van der Waals surface area contributed by atoms with Crippen LogP contribution in [0.2, 0.25) is 0 Å². The number of carbonyl (C=O) groups is 1. The molecule has 0 atom stereocenters. The smallest absolute Gasteiger partial charge is 0.350 e. The third-order valence-corrected chi connectivity index (χ3v) is 2.35. The molecule has 0 aromatic rings. The van der Waals surface area contributed by atoms with Gasteiger partial charge in [-0.1, -0.05) is 6.42 Å². The van der Waals surface area contributed by atoms with Crippen molar-refractivity contribution < 1.29 is 22.4 Å². The lowest BCUT2D eigenvalue weighted by Crippen LogP contribution is -2.47. The zero-order valence-electron chi connectivity index (χ0n) is 7.40. The summed E-state index contributed by atoms with van der Waals surface area (Å²) < 4.78 is 48.0. The Morgan fingerprint density at radius 3 is 2.36 bits per heavy atom. The first kappa shape index (κ1) is 11.3. The van der Waals surface area contributed by atoms with Crippen LogP contribution >= 0.6 is 0 Å². The van der Waals surface area contributed by atoms with Crippen LogP contribution in [-0.2, 0) is 4.79 Å². The molecule has 0 heterocycles. The number of hydrogen-bond acceptors (Lipinski definition) is 1. The monoisotopic (exact) mass is 213 g/mol. The zero-order valence-corrected chi connectivity index (χ0v) is 7.40. The first-order chi connectivity index (χ1) is 6.44. The van der Waals surface area contributed by atoms with Gasteiger partial charge in [0, 0.05) is 6.54 Å². The predicted molar refractivity (Wildman–Crippen MR) is 41.3 cm³/mol. The van der Waals surface area contributed by atoms with E-state index in [1.54, 1.807) is 0 Å². The molecule has 1 N–H and O–H groups in total. The first-order valence-corrected chi connectivity index (χ1v) is 4.39. The second-order valence-electron chi connectivity index (χ2n) is 3.43. The maximum absolute atomic E-state index is 12.4. The fourth-order valence-electron chi connectivity index (χ4n) is 1.15. The van der Waals surface area contributed by atoms with Crippen LogP contribution in [0.15, 0.2) is 0 Å². The van der Waals surface area contributed by atoms with Gasteiger partial charge in [-0.25, -0.2) is 8.78 Å². The van der Waals surface area contributed by atoms with Crippen molar-refractivity contribution in [2.45, 2.75) is 31.6 Å². The van der Waals surface area contributed by atoms with Crippen molar-refractivity contribution in [1.29, 1.82) is 0 Å². The fourth-order valence-corrected chi connectivity index (χ4v) is 1.15. The fraction of sp³-hybridized carbons (Fsp3) is 0.875. The van der Waals surface area contributed by atoms with E-state index in [0.29, 0.717) is 0 Å². The third-order valence-electron chi connectivity index (χ3n) is 2.35. The summed E-state index contributed by atoms with van der Waals surface area (Å²) in [5, 5.41) is 1.84.